The van der Waals surface area contributed by atoms with Gasteiger partial charge in [-0.1, -0.05) is 64.0 Å². The molecule has 0 fully saturated rings. The molecule has 128 valence electrons. The van der Waals surface area contributed by atoms with Crippen LogP contribution in [0.15, 0.2) is 29.4 Å². The van der Waals surface area contributed by atoms with Crippen molar-refractivity contribution in [3.8, 4) is 5.75 Å². The SMILES string of the molecule is CCCCCCCCCCC(=O)NN=Cc1ccccc1OC. The lowest BCUT2D eigenvalue weighted by Crippen LogP contribution is -2.16. The number of hydrazone groups is 1. The summed E-state index contributed by atoms with van der Waals surface area (Å²) in [6, 6.07) is 7.57. The van der Waals surface area contributed by atoms with Crippen LogP contribution in [0.3, 0.4) is 0 Å². The lowest BCUT2D eigenvalue weighted by Gasteiger charge is -2.03. The monoisotopic (exact) mass is 318 g/mol. The standard InChI is InChI=1S/C19H30N2O2/c1-3-4-5-6-7-8-9-10-15-19(22)21-20-16-17-13-11-12-14-18(17)23-2/h11-14,16H,3-10,15H2,1-2H3,(H,21,22). The van der Waals surface area contributed by atoms with E-state index in [1.165, 1.54) is 38.5 Å². The van der Waals surface area contributed by atoms with Crippen molar-refractivity contribution in [3.63, 3.8) is 0 Å². The molecule has 0 bridgehead atoms. The van der Waals surface area contributed by atoms with E-state index in [1.54, 1.807) is 13.3 Å². The number of unbranched alkanes of at least 4 members (excludes halogenated alkanes) is 7. The number of nitrogens with one attached hydrogen (secondary N) is 1. The van der Waals surface area contributed by atoms with E-state index in [4.69, 9.17) is 4.74 Å². The zero-order valence-electron chi connectivity index (χ0n) is 14.5. The van der Waals surface area contributed by atoms with Gasteiger partial charge in [-0.05, 0) is 18.6 Å². The quantitative estimate of drug-likeness (QED) is 0.346. The van der Waals surface area contributed by atoms with Crippen LogP contribution < -0.4 is 10.2 Å². The molecule has 1 aromatic carbocycles. The van der Waals surface area contributed by atoms with E-state index in [0.29, 0.717) is 6.42 Å². The first kappa shape index (κ1) is 19.2. The van der Waals surface area contributed by atoms with E-state index in [2.05, 4.69) is 17.5 Å². The molecule has 0 aliphatic carbocycles. The van der Waals surface area contributed by atoms with Crippen LogP contribution in [0.2, 0.25) is 0 Å². The number of amides is 1. The number of rotatable bonds is 12. The fourth-order valence-corrected chi connectivity index (χ4v) is 2.42. The Balaban J connectivity index is 2.11. The Morgan fingerprint density at radius 3 is 2.43 bits per heavy atom. The Morgan fingerprint density at radius 1 is 1.09 bits per heavy atom. The van der Waals surface area contributed by atoms with Crippen molar-refractivity contribution in [1.29, 1.82) is 0 Å². The fraction of sp³-hybridized carbons (Fsp3) is 0.579. The van der Waals surface area contributed by atoms with Gasteiger partial charge in [0.25, 0.3) is 0 Å². The molecule has 1 amide bonds. The van der Waals surface area contributed by atoms with Crippen molar-refractivity contribution in [2.24, 2.45) is 5.10 Å². The number of nitrogens with zero attached hydrogens (tertiary/aromatic N) is 1. The summed E-state index contributed by atoms with van der Waals surface area (Å²) in [5.74, 6) is 0.718. The molecule has 0 spiro atoms. The second kappa shape index (κ2) is 12.7. The summed E-state index contributed by atoms with van der Waals surface area (Å²) in [7, 11) is 1.62. The van der Waals surface area contributed by atoms with E-state index in [0.717, 1.165) is 24.2 Å². The molecule has 4 nitrogen and oxygen atoms in total. The minimum absolute atomic E-state index is 0.0258. The first-order chi connectivity index (χ1) is 11.3. The average molecular weight is 318 g/mol. The number of carbonyl (C=O) groups excluding carboxylic acids is 1. The van der Waals surface area contributed by atoms with Crippen molar-refractivity contribution in [3.05, 3.63) is 29.8 Å². The summed E-state index contributed by atoms with van der Waals surface area (Å²) in [5.41, 5.74) is 3.43. The van der Waals surface area contributed by atoms with Crippen LogP contribution in [0.25, 0.3) is 0 Å². The highest BCUT2D eigenvalue weighted by atomic mass is 16.5. The van der Waals surface area contributed by atoms with Crippen molar-refractivity contribution < 1.29 is 9.53 Å². The van der Waals surface area contributed by atoms with Gasteiger partial charge in [-0.2, -0.15) is 5.10 Å². The van der Waals surface area contributed by atoms with Crippen LogP contribution in [0.1, 0.15) is 70.3 Å². The third-order valence-corrected chi connectivity index (χ3v) is 3.79. The number of carbonyl (C=O) groups is 1. The van der Waals surface area contributed by atoms with Crippen LogP contribution in [0.4, 0.5) is 0 Å². The van der Waals surface area contributed by atoms with E-state index in [1.807, 2.05) is 24.3 Å². The first-order valence-electron chi connectivity index (χ1n) is 8.72. The molecule has 0 atom stereocenters. The molecule has 0 unspecified atom stereocenters. The zero-order valence-corrected chi connectivity index (χ0v) is 14.5. The lowest BCUT2D eigenvalue weighted by atomic mass is 10.1. The number of para-hydroxylation sites is 1. The van der Waals surface area contributed by atoms with Gasteiger partial charge in [0.1, 0.15) is 5.75 Å². The Hall–Kier alpha value is -1.84. The Bertz CT molecular complexity index is 472. The smallest absolute Gasteiger partial charge is 0.240 e. The molecule has 0 aliphatic heterocycles. The molecule has 0 aliphatic rings. The summed E-state index contributed by atoms with van der Waals surface area (Å²) >= 11 is 0. The molecule has 0 saturated carbocycles. The molecule has 0 heterocycles. The molecule has 4 heteroatoms. The summed E-state index contributed by atoms with van der Waals surface area (Å²) in [6.45, 7) is 2.23. The number of methoxy groups -OCH3 is 1. The van der Waals surface area contributed by atoms with E-state index < -0.39 is 0 Å². The predicted molar refractivity (Wildman–Crippen MR) is 96.0 cm³/mol. The van der Waals surface area contributed by atoms with Gasteiger partial charge >= 0.3 is 0 Å². The number of ether oxygens (including phenoxy) is 1. The van der Waals surface area contributed by atoms with E-state index in [-0.39, 0.29) is 5.91 Å². The van der Waals surface area contributed by atoms with Crippen LogP contribution in [-0.2, 0) is 4.79 Å². The largest absolute Gasteiger partial charge is 0.496 e. The lowest BCUT2D eigenvalue weighted by molar-refractivity contribution is -0.121. The maximum absolute atomic E-state index is 11.7. The first-order valence-corrected chi connectivity index (χ1v) is 8.72. The third-order valence-electron chi connectivity index (χ3n) is 3.79. The van der Waals surface area contributed by atoms with Gasteiger partial charge in [0.05, 0.1) is 13.3 Å². The Morgan fingerprint density at radius 2 is 1.74 bits per heavy atom. The minimum atomic E-state index is -0.0258. The molecule has 1 rings (SSSR count). The predicted octanol–water partition coefficient (Wildman–Crippen LogP) is 4.68. The van der Waals surface area contributed by atoms with Crippen LogP contribution in [-0.4, -0.2) is 19.2 Å². The van der Waals surface area contributed by atoms with Crippen molar-refractivity contribution in [2.45, 2.75) is 64.7 Å². The van der Waals surface area contributed by atoms with E-state index in [9.17, 15) is 4.79 Å². The summed E-state index contributed by atoms with van der Waals surface area (Å²) in [4.78, 5) is 11.7. The molecule has 0 aromatic heterocycles. The molecular weight excluding hydrogens is 288 g/mol. The van der Waals surface area contributed by atoms with Gasteiger partial charge in [0.15, 0.2) is 0 Å². The average Bonchev–Trinajstić information content (AvgIpc) is 2.57. The summed E-state index contributed by atoms with van der Waals surface area (Å²) in [6.07, 6.45) is 12.0. The van der Waals surface area contributed by atoms with Gasteiger partial charge in [0.2, 0.25) is 5.91 Å². The summed E-state index contributed by atoms with van der Waals surface area (Å²) in [5, 5.41) is 3.99. The van der Waals surface area contributed by atoms with Crippen LogP contribution >= 0.6 is 0 Å². The van der Waals surface area contributed by atoms with Gasteiger partial charge in [-0.25, -0.2) is 5.43 Å². The molecule has 1 N–H and O–H groups in total. The molecule has 23 heavy (non-hydrogen) atoms. The van der Waals surface area contributed by atoms with E-state index >= 15 is 0 Å². The van der Waals surface area contributed by atoms with Gasteiger partial charge in [-0.3, -0.25) is 4.79 Å². The number of benzene rings is 1. The Labute approximate surface area is 140 Å². The van der Waals surface area contributed by atoms with Crippen LogP contribution in [0.5, 0.6) is 5.75 Å². The highest BCUT2D eigenvalue weighted by Gasteiger charge is 2.00. The van der Waals surface area contributed by atoms with Crippen molar-refractivity contribution >= 4 is 12.1 Å². The van der Waals surface area contributed by atoms with Crippen LogP contribution in [0, 0.1) is 0 Å². The number of hydrogen-bond acceptors (Lipinski definition) is 3. The highest BCUT2D eigenvalue weighted by Crippen LogP contribution is 2.14. The van der Waals surface area contributed by atoms with Crippen molar-refractivity contribution in [2.75, 3.05) is 7.11 Å². The van der Waals surface area contributed by atoms with Gasteiger partial charge < -0.3 is 4.74 Å². The minimum Gasteiger partial charge on any atom is -0.496 e. The maximum Gasteiger partial charge on any atom is 0.240 e. The van der Waals surface area contributed by atoms with Gasteiger partial charge in [-0.15, -0.1) is 0 Å². The molecule has 0 radical (unpaired) electrons. The second-order valence-electron chi connectivity index (χ2n) is 5.76. The summed E-state index contributed by atoms with van der Waals surface area (Å²) < 4.78 is 5.23. The normalized spacial score (nSPS) is 10.9. The highest BCUT2D eigenvalue weighted by molar-refractivity contribution is 5.85. The topological polar surface area (TPSA) is 50.7 Å². The molecule has 1 aromatic rings. The Kier molecular flexibility index (Phi) is 10.6. The second-order valence-corrected chi connectivity index (χ2v) is 5.76. The van der Waals surface area contributed by atoms with Crippen molar-refractivity contribution in [1.82, 2.24) is 5.43 Å². The van der Waals surface area contributed by atoms with Gasteiger partial charge in [0, 0.05) is 12.0 Å². The fourth-order valence-electron chi connectivity index (χ4n) is 2.42. The number of hydrogen-bond donors (Lipinski definition) is 1. The third kappa shape index (κ3) is 9.01. The molecule has 0 saturated heterocycles. The maximum atomic E-state index is 11.7. The molecular formula is C19H30N2O2. The zero-order chi connectivity index (χ0) is 16.8.